The van der Waals surface area contributed by atoms with E-state index in [0.717, 1.165) is 4.57 Å². The number of carbonyl (C=O) groups excluding carboxylic acids is 1. The molecule has 4 rings (SSSR count). The summed E-state index contributed by atoms with van der Waals surface area (Å²) in [6.45, 7) is -0.404. The van der Waals surface area contributed by atoms with Crippen LogP contribution in [0.25, 0.3) is 6.08 Å². The van der Waals surface area contributed by atoms with Gasteiger partial charge in [0.2, 0.25) is 0 Å². The molecule has 1 aliphatic carbocycles. The van der Waals surface area contributed by atoms with Gasteiger partial charge in [-0.25, -0.2) is 9.36 Å². The smallest absolute Gasteiger partial charge is 0.459 e. The van der Waals surface area contributed by atoms with Crippen molar-refractivity contribution < 1.29 is 33.0 Å². The Balaban J connectivity index is 1.55. The van der Waals surface area contributed by atoms with Gasteiger partial charge in [-0.05, 0) is 48.2 Å². The average molecular weight is 649 g/mol. The molecule has 39 heavy (non-hydrogen) atoms. The Morgan fingerprint density at radius 3 is 2.67 bits per heavy atom. The van der Waals surface area contributed by atoms with Gasteiger partial charge in [0.1, 0.15) is 23.6 Å². The topological polar surface area (TPSA) is 158 Å². The van der Waals surface area contributed by atoms with E-state index in [1.54, 1.807) is 12.1 Å². The van der Waals surface area contributed by atoms with Gasteiger partial charge in [0.25, 0.3) is 5.56 Å². The van der Waals surface area contributed by atoms with Crippen molar-refractivity contribution in [2.24, 2.45) is 0 Å². The minimum atomic E-state index is -4.26. The van der Waals surface area contributed by atoms with Gasteiger partial charge < -0.3 is 19.1 Å². The predicted molar refractivity (Wildman–Crippen MR) is 146 cm³/mol. The third kappa shape index (κ3) is 6.91. The van der Waals surface area contributed by atoms with E-state index in [9.17, 15) is 24.1 Å². The fourth-order valence-electron chi connectivity index (χ4n) is 4.62. The zero-order valence-corrected chi connectivity index (χ0v) is 24.1. The van der Waals surface area contributed by atoms with Crippen molar-refractivity contribution in [2.45, 2.75) is 56.1 Å². The molecule has 1 unspecified atom stereocenters. The number of hydrogen-bond donors (Lipinski definition) is 3. The second-order valence-corrected chi connectivity index (χ2v) is 11.8. The summed E-state index contributed by atoms with van der Waals surface area (Å²) >= 11 is 9.04. The lowest BCUT2D eigenvalue weighted by atomic mass is 10.00. The lowest BCUT2D eigenvalue weighted by molar-refractivity contribution is -0.147. The Morgan fingerprint density at radius 2 is 2.03 bits per heavy atom. The number of benzene rings is 1. The Kier molecular flexibility index (Phi) is 9.53. The number of aliphatic hydroxyl groups excluding tert-OH is 1. The quantitative estimate of drug-likeness (QED) is 0.257. The van der Waals surface area contributed by atoms with Gasteiger partial charge in [0, 0.05) is 17.6 Å². The highest BCUT2D eigenvalue weighted by atomic mass is 79.9. The lowest BCUT2D eigenvalue weighted by Gasteiger charge is -2.31. The Hall–Kier alpha value is -2.25. The first-order valence-corrected chi connectivity index (χ1v) is 14.9. The molecule has 2 fully saturated rings. The number of methoxy groups -OCH3 is 1. The Bertz CT molecular complexity index is 1370. The van der Waals surface area contributed by atoms with Crippen LogP contribution in [0.15, 0.2) is 45.0 Å². The number of aromatic amines is 1. The van der Waals surface area contributed by atoms with Gasteiger partial charge in [-0.15, -0.1) is 0 Å². The molecule has 1 aromatic carbocycles. The third-order valence-electron chi connectivity index (χ3n) is 6.58. The number of nitrogens with zero attached hydrogens (tertiary/aromatic N) is 1. The van der Waals surface area contributed by atoms with E-state index >= 15 is 0 Å². The van der Waals surface area contributed by atoms with Crippen LogP contribution in [-0.2, 0) is 23.4 Å². The molecule has 15 heteroatoms. The van der Waals surface area contributed by atoms with E-state index in [0.29, 0.717) is 30.7 Å². The summed E-state index contributed by atoms with van der Waals surface area (Å²) in [5.74, 6) is -0.419. The van der Waals surface area contributed by atoms with Gasteiger partial charge in [0.05, 0.1) is 25.4 Å². The molecule has 1 aromatic heterocycles. The van der Waals surface area contributed by atoms with E-state index < -0.39 is 55.5 Å². The van der Waals surface area contributed by atoms with E-state index in [-0.39, 0.29) is 17.7 Å². The normalized spacial score (nSPS) is 24.1. The highest BCUT2D eigenvalue weighted by Crippen LogP contribution is 2.50. The first-order chi connectivity index (χ1) is 18.6. The first-order valence-electron chi connectivity index (χ1n) is 12.1. The summed E-state index contributed by atoms with van der Waals surface area (Å²) in [7, 11) is -3.01. The average Bonchev–Trinajstić information content (AvgIpc) is 3.52. The van der Waals surface area contributed by atoms with Gasteiger partial charge in [-0.2, -0.15) is 5.09 Å². The van der Waals surface area contributed by atoms with Crippen molar-refractivity contribution in [2.75, 3.05) is 13.7 Å². The Morgan fingerprint density at radius 1 is 1.33 bits per heavy atom. The minimum Gasteiger partial charge on any atom is -0.468 e. The predicted octanol–water partition coefficient (Wildman–Crippen LogP) is 3.48. The molecular formula is C24H28BrClN3O9P. The summed E-state index contributed by atoms with van der Waals surface area (Å²) in [5, 5.41) is 13.9. The number of carbonyl (C=O) groups is 1. The van der Waals surface area contributed by atoms with Gasteiger partial charge >= 0.3 is 19.4 Å². The number of aromatic nitrogens is 2. The maximum atomic E-state index is 14.0. The number of ether oxygens (including phenoxy) is 2. The highest BCUT2D eigenvalue weighted by molar-refractivity contribution is 9.11. The molecule has 0 spiro atoms. The van der Waals surface area contributed by atoms with Gasteiger partial charge in [-0.3, -0.25) is 23.7 Å². The van der Waals surface area contributed by atoms with E-state index in [1.807, 2.05) is 0 Å². The van der Waals surface area contributed by atoms with Crippen LogP contribution < -0.4 is 20.9 Å². The molecule has 212 valence electrons. The molecule has 0 bridgehead atoms. The van der Waals surface area contributed by atoms with Crippen LogP contribution in [0.5, 0.6) is 5.75 Å². The fourth-order valence-corrected chi connectivity index (χ4v) is 6.78. The summed E-state index contributed by atoms with van der Waals surface area (Å²) in [5.41, 5.74) is -2.39. The van der Waals surface area contributed by atoms with Crippen LogP contribution in [-0.4, -0.2) is 52.1 Å². The second kappa shape index (κ2) is 12.5. The monoisotopic (exact) mass is 647 g/mol. The first kappa shape index (κ1) is 29.7. The largest absolute Gasteiger partial charge is 0.468 e. The van der Waals surface area contributed by atoms with Crippen molar-refractivity contribution >= 4 is 47.3 Å². The standard InChI is InChI=1S/C24H28BrClN3O9P/c1-35-22(32)24(9-2-3-10-24)28-39(34,38-17-6-4-16(26)5-7-17)36-14-19-18(30)12-20(37-19)29-13-15(8-11-25)21(31)27-23(29)33/h4-8,11,13,18-20,30H,2-3,9-10,12,14H2,1H3,(H,28,34)(H,27,31,33)/b11-8+/t18-,19+,20+,39?/m0/s1. The fraction of sp³-hybridized carbons (Fsp3) is 0.458. The van der Waals surface area contributed by atoms with Crippen LogP contribution in [0.1, 0.15) is 43.9 Å². The molecule has 0 radical (unpaired) electrons. The number of rotatable bonds is 10. The van der Waals surface area contributed by atoms with Gasteiger partial charge in [0.15, 0.2) is 0 Å². The zero-order valence-electron chi connectivity index (χ0n) is 20.9. The minimum absolute atomic E-state index is 0.000681. The van der Waals surface area contributed by atoms with Crippen LogP contribution in [0.2, 0.25) is 5.02 Å². The number of nitrogens with one attached hydrogen (secondary N) is 2. The SMILES string of the molecule is COC(=O)C1(NP(=O)(OC[C@H]2O[C@@H](n3cc(/C=C/Br)c(=O)[nH]c3=O)C[C@@H]2O)Oc2ccc(Cl)cc2)CCCC1. The number of aliphatic hydroxyl groups is 1. The molecule has 2 heterocycles. The summed E-state index contributed by atoms with van der Waals surface area (Å²) in [4.78, 5) is 40.8. The molecule has 2 aromatic rings. The third-order valence-corrected chi connectivity index (χ3v) is 8.74. The second-order valence-electron chi connectivity index (χ2n) is 9.21. The van der Waals surface area contributed by atoms with E-state index in [4.69, 9.17) is 30.1 Å². The van der Waals surface area contributed by atoms with E-state index in [2.05, 4.69) is 26.0 Å². The molecule has 3 N–H and O–H groups in total. The molecule has 4 atom stereocenters. The molecule has 2 aliphatic rings. The van der Waals surface area contributed by atoms with E-state index in [1.165, 1.54) is 36.5 Å². The molecule has 0 amide bonds. The number of halogens is 2. The molecule has 1 saturated heterocycles. The van der Waals surface area contributed by atoms with Crippen LogP contribution >= 0.6 is 35.3 Å². The zero-order chi connectivity index (χ0) is 28.2. The maximum absolute atomic E-state index is 14.0. The summed E-state index contributed by atoms with van der Waals surface area (Å²) < 4.78 is 37.5. The molecule has 1 aliphatic heterocycles. The van der Waals surface area contributed by atoms with Crippen molar-refractivity contribution in [3.63, 3.8) is 0 Å². The number of H-pyrrole nitrogens is 1. The summed E-state index contributed by atoms with van der Waals surface area (Å²) in [6.07, 6.45) is 1.86. The molecule has 1 saturated carbocycles. The van der Waals surface area contributed by atoms with Crippen LogP contribution in [0.3, 0.4) is 0 Å². The van der Waals surface area contributed by atoms with Crippen molar-refractivity contribution in [3.8, 4) is 5.75 Å². The lowest BCUT2D eigenvalue weighted by Crippen LogP contribution is -2.50. The highest BCUT2D eigenvalue weighted by Gasteiger charge is 2.49. The summed E-state index contributed by atoms with van der Waals surface area (Å²) in [6, 6.07) is 6.08. The van der Waals surface area contributed by atoms with Crippen molar-refractivity contribution in [3.05, 3.63) is 66.9 Å². The van der Waals surface area contributed by atoms with Gasteiger partial charge in [-0.1, -0.05) is 40.4 Å². The Labute approximate surface area is 237 Å². The molecule has 12 nitrogen and oxygen atoms in total. The maximum Gasteiger partial charge on any atom is 0.459 e. The number of esters is 1. The van der Waals surface area contributed by atoms with Crippen LogP contribution in [0.4, 0.5) is 0 Å². The molecular weight excluding hydrogens is 621 g/mol. The van der Waals surface area contributed by atoms with Crippen molar-refractivity contribution in [1.82, 2.24) is 14.6 Å². The number of hydrogen-bond acceptors (Lipinski definition) is 9. The van der Waals surface area contributed by atoms with Crippen molar-refractivity contribution in [1.29, 1.82) is 0 Å². The van der Waals surface area contributed by atoms with Crippen LogP contribution in [0, 0.1) is 0 Å².